The lowest BCUT2D eigenvalue weighted by atomic mass is 9.96. The van der Waals surface area contributed by atoms with Gasteiger partial charge in [-0.2, -0.15) is 0 Å². The van der Waals surface area contributed by atoms with E-state index in [1.165, 1.54) is 12.1 Å². The molecule has 0 aromatic heterocycles. The van der Waals surface area contributed by atoms with E-state index < -0.39 is 5.97 Å². The van der Waals surface area contributed by atoms with Gasteiger partial charge in [-0.1, -0.05) is 72.8 Å². The first-order chi connectivity index (χ1) is 16.5. The fraction of sp³-hybridized carbons (Fsp3) is 0. The number of hydrogen-bond donors (Lipinski definition) is 3. The molecule has 0 amide bonds. The average molecular weight is 446 g/mol. The molecule has 0 unspecified atom stereocenters. The van der Waals surface area contributed by atoms with Gasteiger partial charge in [-0.15, -0.1) is 0 Å². The molecule has 0 heterocycles. The zero-order valence-electron chi connectivity index (χ0n) is 17.8. The lowest BCUT2D eigenvalue weighted by Gasteiger charge is -2.15. The molecule has 6 rings (SSSR count). The Kier molecular flexibility index (Phi) is 4.32. The SMILES string of the molecule is O=C(Oc1ccc(O)c2c(O)c3ccccc3c(O)c12)c1c2ccccc2cc2ccccc12. The number of phenols is 3. The van der Waals surface area contributed by atoms with Crippen molar-refractivity contribution in [2.75, 3.05) is 0 Å². The highest BCUT2D eigenvalue weighted by Gasteiger charge is 2.23. The minimum atomic E-state index is -0.605. The van der Waals surface area contributed by atoms with E-state index in [9.17, 15) is 20.1 Å². The largest absolute Gasteiger partial charge is 0.507 e. The van der Waals surface area contributed by atoms with Gasteiger partial charge in [0.2, 0.25) is 0 Å². The minimum Gasteiger partial charge on any atom is -0.507 e. The summed E-state index contributed by atoms with van der Waals surface area (Å²) in [5.41, 5.74) is 0.402. The van der Waals surface area contributed by atoms with Gasteiger partial charge in [0.25, 0.3) is 0 Å². The number of phenolic OH excluding ortho intramolecular Hbond substituents is 3. The zero-order valence-corrected chi connectivity index (χ0v) is 17.8. The Morgan fingerprint density at radius 1 is 0.588 bits per heavy atom. The van der Waals surface area contributed by atoms with Gasteiger partial charge >= 0.3 is 5.97 Å². The van der Waals surface area contributed by atoms with Crippen molar-refractivity contribution in [3.05, 3.63) is 96.6 Å². The van der Waals surface area contributed by atoms with Crippen molar-refractivity contribution >= 4 is 49.1 Å². The predicted molar refractivity (Wildman–Crippen MR) is 133 cm³/mol. The van der Waals surface area contributed by atoms with Crippen LogP contribution in [0.5, 0.6) is 23.0 Å². The molecule has 34 heavy (non-hydrogen) atoms. The average Bonchev–Trinajstić information content (AvgIpc) is 2.86. The lowest BCUT2D eigenvalue weighted by molar-refractivity contribution is 0.0741. The second-order valence-electron chi connectivity index (χ2n) is 8.16. The van der Waals surface area contributed by atoms with Crippen LogP contribution in [0.25, 0.3) is 43.1 Å². The second-order valence-corrected chi connectivity index (χ2v) is 8.16. The topological polar surface area (TPSA) is 87.0 Å². The van der Waals surface area contributed by atoms with Gasteiger partial charge in [-0.25, -0.2) is 4.79 Å². The van der Waals surface area contributed by atoms with E-state index in [4.69, 9.17) is 4.74 Å². The number of aromatic hydroxyl groups is 3. The van der Waals surface area contributed by atoms with Crippen molar-refractivity contribution in [1.82, 2.24) is 0 Å². The molecule has 5 heteroatoms. The molecular weight excluding hydrogens is 428 g/mol. The Morgan fingerprint density at radius 3 is 1.68 bits per heavy atom. The fourth-order valence-electron chi connectivity index (χ4n) is 4.68. The summed E-state index contributed by atoms with van der Waals surface area (Å²) in [7, 11) is 0. The lowest BCUT2D eigenvalue weighted by Crippen LogP contribution is -2.10. The van der Waals surface area contributed by atoms with E-state index in [2.05, 4.69) is 0 Å². The monoisotopic (exact) mass is 446 g/mol. The third-order valence-electron chi connectivity index (χ3n) is 6.23. The molecule has 6 aromatic rings. The molecule has 164 valence electrons. The van der Waals surface area contributed by atoms with E-state index in [0.717, 1.165) is 21.5 Å². The Morgan fingerprint density at radius 2 is 1.09 bits per heavy atom. The van der Waals surface area contributed by atoms with Crippen LogP contribution >= 0.6 is 0 Å². The Balaban J connectivity index is 1.60. The summed E-state index contributed by atoms with van der Waals surface area (Å²) >= 11 is 0. The molecule has 0 aliphatic heterocycles. The van der Waals surface area contributed by atoms with Crippen LogP contribution in [-0.2, 0) is 0 Å². The van der Waals surface area contributed by atoms with E-state index in [0.29, 0.717) is 16.3 Å². The van der Waals surface area contributed by atoms with E-state index in [-0.39, 0.29) is 33.8 Å². The summed E-state index contributed by atoms with van der Waals surface area (Å²) in [6, 6.07) is 26.6. The number of benzene rings is 6. The van der Waals surface area contributed by atoms with E-state index in [1.54, 1.807) is 24.3 Å². The second kappa shape index (κ2) is 7.39. The highest BCUT2D eigenvalue weighted by atomic mass is 16.5. The molecule has 0 spiro atoms. The maximum atomic E-state index is 13.6. The van der Waals surface area contributed by atoms with Crippen molar-refractivity contribution in [1.29, 1.82) is 0 Å². The van der Waals surface area contributed by atoms with Crippen molar-refractivity contribution < 1.29 is 24.9 Å². The van der Waals surface area contributed by atoms with Crippen LogP contribution in [0.3, 0.4) is 0 Å². The fourth-order valence-corrected chi connectivity index (χ4v) is 4.68. The van der Waals surface area contributed by atoms with Crippen LogP contribution in [-0.4, -0.2) is 21.3 Å². The number of ether oxygens (including phenoxy) is 1. The molecule has 6 aromatic carbocycles. The third-order valence-corrected chi connectivity index (χ3v) is 6.23. The number of esters is 1. The summed E-state index contributed by atoms with van der Waals surface area (Å²) < 4.78 is 5.85. The Bertz CT molecular complexity index is 1730. The number of carbonyl (C=O) groups excluding carboxylic acids is 1. The van der Waals surface area contributed by atoms with Gasteiger partial charge in [-0.05, 0) is 39.7 Å². The van der Waals surface area contributed by atoms with Gasteiger partial charge in [0.15, 0.2) is 0 Å². The Hall–Kier alpha value is -4.77. The van der Waals surface area contributed by atoms with E-state index >= 15 is 0 Å². The summed E-state index contributed by atoms with van der Waals surface area (Å²) in [6.07, 6.45) is 0. The first-order valence-electron chi connectivity index (χ1n) is 10.8. The van der Waals surface area contributed by atoms with Gasteiger partial charge in [0.05, 0.1) is 16.3 Å². The molecule has 0 bridgehead atoms. The summed E-state index contributed by atoms with van der Waals surface area (Å²) in [5, 5.41) is 36.5. The number of carbonyl (C=O) groups is 1. The molecule has 0 radical (unpaired) electrons. The molecule has 0 aliphatic rings. The summed E-state index contributed by atoms with van der Waals surface area (Å²) in [5.74, 6) is -1.19. The standard InChI is InChI=1S/C29H18O5/c30-22-13-14-23(26-25(22)27(31)20-11-5-6-12-21(20)28(26)32)34-29(33)24-18-9-3-1-7-16(18)15-17-8-2-4-10-19(17)24/h1-15,30-32H. The first-order valence-corrected chi connectivity index (χ1v) is 10.8. The highest BCUT2D eigenvalue weighted by molar-refractivity contribution is 6.19. The van der Waals surface area contributed by atoms with Crippen molar-refractivity contribution in [2.45, 2.75) is 0 Å². The molecule has 0 saturated heterocycles. The minimum absolute atomic E-state index is 0.0178. The molecule has 0 saturated carbocycles. The van der Waals surface area contributed by atoms with Crippen molar-refractivity contribution in [3.63, 3.8) is 0 Å². The van der Waals surface area contributed by atoms with Crippen LogP contribution in [0.1, 0.15) is 10.4 Å². The normalized spacial score (nSPS) is 11.4. The van der Waals surface area contributed by atoms with Crippen LogP contribution in [0.15, 0.2) is 91.0 Å². The number of rotatable bonds is 2. The van der Waals surface area contributed by atoms with E-state index in [1.807, 2.05) is 54.6 Å². The number of fused-ring (bicyclic) bond motifs is 4. The molecule has 5 nitrogen and oxygen atoms in total. The smallest absolute Gasteiger partial charge is 0.344 e. The van der Waals surface area contributed by atoms with Crippen LogP contribution in [0, 0.1) is 0 Å². The quantitative estimate of drug-likeness (QED) is 0.120. The molecule has 0 aliphatic carbocycles. The zero-order chi connectivity index (χ0) is 23.4. The molecule has 0 fully saturated rings. The van der Waals surface area contributed by atoms with Crippen molar-refractivity contribution in [2.24, 2.45) is 0 Å². The molecule has 0 atom stereocenters. The Labute approximate surface area is 193 Å². The molecule has 3 N–H and O–H groups in total. The maximum Gasteiger partial charge on any atom is 0.344 e. The molecular formula is C29H18O5. The van der Waals surface area contributed by atoms with Crippen LogP contribution < -0.4 is 4.74 Å². The van der Waals surface area contributed by atoms with Gasteiger partial charge in [0.1, 0.15) is 23.0 Å². The highest BCUT2D eigenvalue weighted by Crippen LogP contribution is 2.48. The maximum absolute atomic E-state index is 13.6. The van der Waals surface area contributed by atoms with Gasteiger partial charge in [-0.3, -0.25) is 0 Å². The third kappa shape index (κ3) is 2.84. The first kappa shape index (κ1) is 19.9. The summed E-state index contributed by atoms with van der Waals surface area (Å²) in [6.45, 7) is 0. The predicted octanol–water partition coefficient (Wildman–Crippen LogP) is 6.64. The van der Waals surface area contributed by atoms with Gasteiger partial charge < -0.3 is 20.1 Å². The number of hydrogen-bond acceptors (Lipinski definition) is 5. The van der Waals surface area contributed by atoms with Crippen LogP contribution in [0.4, 0.5) is 0 Å². The summed E-state index contributed by atoms with van der Waals surface area (Å²) in [4.78, 5) is 13.6. The van der Waals surface area contributed by atoms with Crippen LogP contribution in [0.2, 0.25) is 0 Å². The van der Waals surface area contributed by atoms with Crippen molar-refractivity contribution in [3.8, 4) is 23.0 Å². The van der Waals surface area contributed by atoms with Gasteiger partial charge in [0, 0.05) is 10.8 Å².